The number of halogens is 1. The Kier molecular flexibility index (Phi) is 8.75. The van der Waals surface area contributed by atoms with Gasteiger partial charge in [0.05, 0.1) is 10.1 Å². The van der Waals surface area contributed by atoms with Gasteiger partial charge < -0.3 is 5.32 Å². The van der Waals surface area contributed by atoms with E-state index in [1.807, 2.05) is 45.0 Å². The van der Waals surface area contributed by atoms with Crippen LogP contribution < -0.4 is 5.32 Å². The van der Waals surface area contributed by atoms with Gasteiger partial charge in [-0.25, -0.2) is 8.42 Å². The van der Waals surface area contributed by atoms with Gasteiger partial charge in [0.1, 0.15) is 0 Å². The number of thioether (sulfide) groups is 1. The Morgan fingerprint density at radius 3 is 2.34 bits per heavy atom. The zero-order valence-corrected chi connectivity index (χ0v) is 20.3. The van der Waals surface area contributed by atoms with E-state index in [4.69, 9.17) is 0 Å². The van der Waals surface area contributed by atoms with Crippen LogP contribution in [0.3, 0.4) is 0 Å². The lowest BCUT2D eigenvalue weighted by Gasteiger charge is -2.20. The Hall–Kier alpha value is -1.35. The number of hydrogen-bond acceptors (Lipinski definition) is 4. The van der Waals surface area contributed by atoms with Crippen LogP contribution in [-0.2, 0) is 20.6 Å². The number of hydrogen-bond donors (Lipinski definition) is 1. The Bertz CT molecular complexity index is 943. The quantitative estimate of drug-likeness (QED) is 0.525. The highest BCUT2D eigenvalue weighted by Gasteiger charge is 2.24. The Labute approximate surface area is 186 Å². The van der Waals surface area contributed by atoms with Gasteiger partial charge in [-0.2, -0.15) is 4.31 Å². The molecular weight excluding hydrogens is 472 g/mol. The van der Waals surface area contributed by atoms with Crippen molar-refractivity contribution in [1.29, 1.82) is 0 Å². The molecule has 0 fully saturated rings. The van der Waals surface area contributed by atoms with Crippen molar-refractivity contribution in [3.8, 4) is 0 Å². The highest BCUT2D eigenvalue weighted by molar-refractivity contribution is 9.10. The Morgan fingerprint density at radius 2 is 1.76 bits per heavy atom. The van der Waals surface area contributed by atoms with Gasteiger partial charge in [0.15, 0.2) is 0 Å². The predicted molar refractivity (Wildman–Crippen MR) is 125 cm³/mol. The van der Waals surface area contributed by atoms with Gasteiger partial charge >= 0.3 is 0 Å². The summed E-state index contributed by atoms with van der Waals surface area (Å²) in [5, 5.41) is 2.58. The minimum atomic E-state index is -3.59. The van der Waals surface area contributed by atoms with Gasteiger partial charge in [0, 0.05) is 29.0 Å². The van der Waals surface area contributed by atoms with Gasteiger partial charge in [-0.15, -0.1) is 11.8 Å². The minimum Gasteiger partial charge on any atom is -0.325 e. The summed E-state index contributed by atoms with van der Waals surface area (Å²) in [6.45, 7) is 8.04. The van der Waals surface area contributed by atoms with E-state index in [9.17, 15) is 13.2 Å². The molecule has 158 valence electrons. The monoisotopic (exact) mass is 498 g/mol. The summed E-state index contributed by atoms with van der Waals surface area (Å²) in [4.78, 5) is 12.8. The van der Waals surface area contributed by atoms with Gasteiger partial charge in [0.2, 0.25) is 15.9 Å². The highest BCUT2D eigenvalue weighted by atomic mass is 79.9. The average Bonchev–Trinajstić information content (AvgIpc) is 2.69. The van der Waals surface area contributed by atoms with E-state index in [1.165, 1.54) is 16.1 Å². The summed E-state index contributed by atoms with van der Waals surface area (Å²) < 4.78 is 28.2. The molecular formula is C21H27BrN2O3S2. The maximum absolute atomic E-state index is 12.9. The summed E-state index contributed by atoms with van der Waals surface area (Å²) in [6.07, 6.45) is 0. The molecule has 0 aromatic heterocycles. The van der Waals surface area contributed by atoms with E-state index in [0.29, 0.717) is 24.3 Å². The normalized spacial score (nSPS) is 12.8. The molecule has 0 aliphatic carbocycles. The number of nitrogens with one attached hydrogen (secondary N) is 1. The molecule has 0 heterocycles. The number of amides is 1. The molecule has 0 aliphatic heterocycles. The molecule has 2 aromatic carbocycles. The molecule has 2 rings (SSSR count). The van der Waals surface area contributed by atoms with E-state index in [0.717, 1.165) is 15.8 Å². The maximum Gasteiger partial charge on any atom is 0.243 e. The molecule has 0 radical (unpaired) electrons. The molecule has 0 saturated carbocycles. The first-order valence-corrected chi connectivity index (χ1v) is 12.7. The van der Waals surface area contributed by atoms with Crippen molar-refractivity contribution in [3.63, 3.8) is 0 Å². The first kappa shape index (κ1) is 23.9. The molecule has 0 unspecified atom stereocenters. The molecule has 0 saturated heterocycles. The minimum absolute atomic E-state index is 0.151. The third-order valence-electron chi connectivity index (χ3n) is 4.56. The molecule has 0 bridgehead atoms. The summed E-state index contributed by atoms with van der Waals surface area (Å²) in [7, 11) is -3.59. The fourth-order valence-corrected chi connectivity index (χ4v) is 5.60. The second kappa shape index (κ2) is 10.6. The average molecular weight is 499 g/mol. The van der Waals surface area contributed by atoms with Crippen molar-refractivity contribution >= 4 is 49.3 Å². The predicted octanol–water partition coefficient (Wildman–Crippen LogP) is 5.05. The summed E-state index contributed by atoms with van der Waals surface area (Å²) in [6, 6.07) is 13.0. The number of nitrogens with zero attached hydrogens (tertiary/aromatic N) is 1. The number of benzene rings is 2. The third kappa shape index (κ3) is 6.31. The molecule has 1 N–H and O–H groups in total. The number of aryl methyl sites for hydroxylation is 1. The van der Waals surface area contributed by atoms with Crippen LogP contribution in [0.25, 0.3) is 0 Å². The topological polar surface area (TPSA) is 66.5 Å². The summed E-state index contributed by atoms with van der Waals surface area (Å²) in [5.74, 6) is 0.569. The molecule has 2 aromatic rings. The summed E-state index contributed by atoms with van der Waals surface area (Å²) in [5.41, 5.74) is 2.29. The van der Waals surface area contributed by atoms with E-state index in [2.05, 4.69) is 21.2 Å². The SMILES string of the molecule is CCN(CC)S(=O)(=O)c1cc(NC(=O)[C@@H](C)SCc2ccc(Br)cc2)ccc1C. The van der Waals surface area contributed by atoms with Crippen LogP contribution in [0.4, 0.5) is 5.69 Å². The second-order valence-corrected chi connectivity index (χ2v) is 10.8. The lowest BCUT2D eigenvalue weighted by atomic mass is 10.2. The van der Waals surface area contributed by atoms with Crippen molar-refractivity contribution < 1.29 is 13.2 Å². The molecule has 5 nitrogen and oxygen atoms in total. The summed E-state index contributed by atoms with van der Waals surface area (Å²) >= 11 is 4.95. The van der Waals surface area contributed by atoms with Crippen LogP contribution >= 0.6 is 27.7 Å². The fourth-order valence-electron chi connectivity index (χ4n) is 2.78. The molecule has 0 aliphatic rings. The number of sulfonamides is 1. The molecule has 1 amide bonds. The van der Waals surface area contributed by atoms with Crippen molar-refractivity contribution in [3.05, 3.63) is 58.1 Å². The molecule has 1 atom stereocenters. The zero-order chi connectivity index (χ0) is 21.6. The van der Waals surface area contributed by atoms with E-state index < -0.39 is 10.0 Å². The largest absolute Gasteiger partial charge is 0.325 e. The third-order valence-corrected chi connectivity index (χ3v) is 8.50. The van der Waals surface area contributed by atoms with Crippen molar-refractivity contribution in [2.24, 2.45) is 0 Å². The Balaban J connectivity index is 2.09. The van der Waals surface area contributed by atoms with Crippen molar-refractivity contribution in [2.75, 3.05) is 18.4 Å². The number of rotatable bonds is 9. The van der Waals surface area contributed by atoms with Crippen LogP contribution in [0.2, 0.25) is 0 Å². The standard InChI is InChI=1S/C21H27BrN2O3S2/c1-5-24(6-2)29(26,27)20-13-19(12-7-15(20)3)23-21(25)16(4)28-14-17-8-10-18(22)11-9-17/h7-13,16H,5-6,14H2,1-4H3,(H,23,25)/t16-/m1/s1. The second-order valence-electron chi connectivity index (χ2n) is 6.64. The first-order chi connectivity index (χ1) is 13.7. The van der Waals surface area contributed by atoms with Crippen LogP contribution in [0.1, 0.15) is 31.9 Å². The lowest BCUT2D eigenvalue weighted by molar-refractivity contribution is -0.115. The smallest absolute Gasteiger partial charge is 0.243 e. The number of anilines is 1. The Morgan fingerprint density at radius 1 is 1.14 bits per heavy atom. The molecule has 8 heteroatoms. The first-order valence-electron chi connectivity index (χ1n) is 9.46. The van der Waals surface area contributed by atoms with Crippen molar-refractivity contribution in [1.82, 2.24) is 4.31 Å². The van der Waals surface area contributed by atoms with Gasteiger partial charge in [-0.1, -0.05) is 48.0 Å². The molecule has 0 spiro atoms. The van der Waals surface area contributed by atoms with Crippen LogP contribution in [0.5, 0.6) is 0 Å². The van der Waals surface area contributed by atoms with Gasteiger partial charge in [0.25, 0.3) is 0 Å². The van der Waals surface area contributed by atoms with Crippen LogP contribution in [0, 0.1) is 6.92 Å². The highest BCUT2D eigenvalue weighted by Crippen LogP contribution is 2.25. The van der Waals surface area contributed by atoms with Crippen molar-refractivity contribution in [2.45, 2.75) is 43.6 Å². The number of carbonyl (C=O) groups excluding carboxylic acids is 1. The van der Waals surface area contributed by atoms with Gasteiger partial charge in [-0.3, -0.25) is 4.79 Å². The maximum atomic E-state index is 12.9. The molecule has 29 heavy (non-hydrogen) atoms. The fraction of sp³-hybridized carbons (Fsp3) is 0.381. The lowest BCUT2D eigenvalue weighted by Crippen LogP contribution is -2.31. The number of carbonyl (C=O) groups is 1. The zero-order valence-electron chi connectivity index (χ0n) is 17.1. The van der Waals surface area contributed by atoms with E-state index in [1.54, 1.807) is 25.1 Å². The van der Waals surface area contributed by atoms with Gasteiger partial charge in [-0.05, 0) is 49.2 Å². The van der Waals surface area contributed by atoms with Crippen LogP contribution in [0.15, 0.2) is 51.8 Å². The van der Waals surface area contributed by atoms with Crippen LogP contribution in [-0.4, -0.2) is 37.0 Å². The van der Waals surface area contributed by atoms with E-state index in [-0.39, 0.29) is 16.1 Å². The van der Waals surface area contributed by atoms with E-state index >= 15 is 0 Å².